The Morgan fingerprint density at radius 1 is 1.43 bits per heavy atom. The first kappa shape index (κ1) is 16.0. The minimum Gasteiger partial charge on any atom is -0.363 e. The molecule has 1 amide bonds. The number of piperidine rings is 1. The van der Waals surface area contributed by atoms with E-state index in [0.717, 1.165) is 38.0 Å². The predicted octanol–water partition coefficient (Wildman–Crippen LogP) is 3.07. The second-order valence-corrected chi connectivity index (χ2v) is 6.34. The Labute approximate surface area is 140 Å². The normalized spacial score (nSPS) is 18.2. The van der Waals surface area contributed by atoms with Gasteiger partial charge in [0, 0.05) is 23.7 Å². The Hall–Kier alpha value is -1.85. The molecule has 1 atom stereocenters. The van der Waals surface area contributed by atoms with Gasteiger partial charge in [-0.15, -0.1) is 0 Å². The summed E-state index contributed by atoms with van der Waals surface area (Å²) in [4.78, 5) is 14.8. The van der Waals surface area contributed by atoms with Gasteiger partial charge < -0.3 is 14.7 Å². The molecule has 0 bridgehead atoms. The molecule has 1 aliphatic heterocycles. The Morgan fingerprint density at radius 2 is 2.22 bits per heavy atom. The van der Waals surface area contributed by atoms with Crippen LogP contribution in [0.15, 0.2) is 35.1 Å². The van der Waals surface area contributed by atoms with Gasteiger partial charge in [-0.2, -0.15) is 0 Å². The number of nitrogens with zero attached hydrogens (tertiary/aromatic N) is 2. The SMILES string of the molecule is CNC[C@H]1CCCN(C(=O)c2conc2-c2ccc(Cl)cc2)C1. The van der Waals surface area contributed by atoms with Crippen LogP contribution in [0.2, 0.25) is 5.02 Å². The highest BCUT2D eigenvalue weighted by molar-refractivity contribution is 6.30. The van der Waals surface area contributed by atoms with Gasteiger partial charge >= 0.3 is 0 Å². The first-order valence-corrected chi connectivity index (χ1v) is 8.21. The Balaban J connectivity index is 1.80. The van der Waals surface area contributed by atoms with E-state index in [1.807, 2.05) is 24.1 Å². The maximum atomic E-state index is 12.9. The molecular formula is C17H20ClN3O2. The Bertz CT molecular complexity index is 667. The van der Waals surface area contributed by atoms with Crippen LogP contribution in [-0.2, 0) is 0 Å². The van der Waals surface area contributed by atoms with Crippen LogP contribution in [0, 0.1) is 5.92 Å². The number of benzene rings is 1. The highest BCUT2D eigenvalue weighted by Crippen LogP contribution is 2.26. The smallest absolute Gasteiger partial charge is 0.259 e. The Kier molecular flexibility index (Phi) is 4.98. The number of aromatic nitrogens is 1. The molecule has 0 saturated carbocycles. The van der Waals surface area contributed by atoms with Crippen LogP contribution in [-0.4, -0.2) is 42.6 Å². The third kappa shape index (κ3) is 3.57. The summed E-state index contributed by atoms with van der Waals surface area (Å²) in [6.07, 6.45) is 3.62. The second-order valence-electron chi connectivity index (χ2n) is 5.90. The highest BCUT2D eigenvalue weighted by Gasteiger charge is 2.27. The number of carbonyl (C=O) groups is 1. The molecule has 1 N–H and O–H groups in total. The van der Waals surface area contributed by atoms with Crippen molar-refractivity contribution in [1.82, 2.24) is 15.4 Å². The molecular weight excluding hydrogens is 314 g/mol. The average molecular weight is 334 g/mol. The first-order chi connectivity index (χ1) is 11.2. The largest absolute Gasteiger partial charge is 0.363 e. The fourth-order valence-corrected chi connectivity index (χ4v) is 3.21. The molecule has 1 saturated heterocycles. The summed E-state index contributed by atoms with van der Waals surface area (Å²) in [5.41, 5.74) is 1.91. The van der Waals surface area contributed by atoms with Crippen molar-refractivity contribution in [3.05, 3.63) is 41.1 Å². The zero-order valence-corrected chi connectivity index (χ0v) is 13.8. The van der Waals surface area contributed by atoms with Crippen LogP contribution < -0.4 is 5.32 Å². The fourth-order valence-electron chi connectivity index (χ4n) is 3.08. The zero-order valence-electron chi connectivity index (χ0n) is 13.1. The molecule has 5 nitrogen and oxygen atoms in total. The van der Waals surface area contributed by atoms with Gasteiger partial charge in [-0.25, -0.2) is 0 Å². The molecule has 0 spiro atoms. The summed E-state index contributed by atoms with van der Waals surface area (Å²) >= 11 is 5.92. The molecule has 2 heterocycles. The molecule has 3 rings (SSSR count). The van der Waals surface area contributed by atoms with Crippen molar-refractivity contribution in [2.24, 2.45) is 5.92 Å². The minimum absolute atomic E-state index is 0.0167. The van der Waals surface area contributed by atoms with Gasteiger partial charge in [0.1, 0.15) is 17.5 Å². The van der Waals surface area contributed by atoms with Gasteiger partial charge in [-0.3, -0.25) is 4.79 Å². The van der Waals surface area contributed by atoms with Crippen LogP contribution in [0.3, 0.4) is 0 Å². The first-order valence-electron chi connectivity index (χ1n) is 7.83. The summed E-state index contributed by atoms with van der Waals surface area (Å²) in [5, 5.41) is 7.85. The van der Waals surface area contributed by atoms with Crippen molar-refractivity contribution in [3.63, 3.8) is 0 Å². The predicted molar refractivity (Wildman–Crippen MR) is 89.5 cm³/mol. The lowest BCUT2D eigenvalue weighted by Crippen LogP contribution is -2.42. The van der Waals surface area contributed by atoms with Gasteiger partial charge in [0.05, 0.1) is 0 Å². The topological polar surface area (TPSA) is 58.4 Å². The average Bonchev–Trinajstić information content (AvgIpc) is 3.05. The molecule has 1 aromatic heterocycles. The summed E-state index contributed by atoms with van der Waals surface area (Å²) in [6, 6.07) is 7.25. The van der Waals surface area contributed by atoms with Crippen molar-refractivity contribution in [2.45, 2.75) is 12.8 Å². The number of nitrogens with one attached hydrogen (secondary N) is 1. The lowest BCUT2D eigenvalue weighted by Gasteiger charge is -2.32. The van der Waals surface area contributed by atoms with E-state index in [4.69, 9.17) is 16.1 Å². The molecule has 0 aliphatic carbocycles. The summed E-state index contributed by atoms with van der Waals surface area (Å²) in [6.45, 7) is 2.48. The third-order valence-corrected chi connectivity index (χ3v) is 4.47. The molecule has 0 unspecified atom stereocenters. The number of hydrogen-bond donors (Lipinski definition) is 1. The zero-order chi connectivity index (χ0) is 16.2. The van der Waals surface area contributed by atoms with Crippen molar-refractivity contribution >= 4 is 17.5 Å². The number of halogens is 1. The number of hydrogen-bond acceptors (Lipinski definition) is 4. The number of rotatable bonds is 4. The molecule has 1 aliphatic rings. The molecule has 23 heavy (non-hydrogen) atoms. The number of amides is 1. The van der Waals surface area contributed by atoms with Gasteiger partial charge in [0.15, 0.2) is 0 Å². The third-order valence-electron chi connectivity index (χ3n) is 4.22. The van der Waals surface area contributed by atoms with Crippen LogP contribution >= 0.6 is 11.6 Å². The highest BCUT2D eigenvalue weighted by atomic mass is 35.5. The molecule has 2 aromatic rings. The van der Waals surface area contributed by atoms with E-state index in [0.29, 0.717) is 22.2 Å². The van der Waals surface area contributed by atoms with E-state index in [9.17, 15) is 4.79 Å². The number of likely N-dealkylation sites (tertiary alicyclic amines) is 1. The van der Waals surface area contributed by atoms with E-state index in [1.165, 1.54) is 6.26 Å². The summed E-state index contributed by atoms with van der Waals surface area (Å²) in [5.74, 6) is 0.480. The van der Waals surface area contributed by atoms with E-state index < -0.39 is 0 Å². The summed E-state index contributed by atoms with van der Waals surface area (Å²) < 4.78 is 5.07. The molecule has 0 radical (unpaired) electrons. The monoisotopic (exact) mass is 333 g/mol. The van der Waals surface area contributed by atoms with Gasteiger partial charge in [0.2, 0.25) is 0 Å². The van der Waals surface area contributed by atoms with E-state index in [-0.39, 0.29) is 5.91 Å². The van der Waals surface area contributed by atoms with E-state index >= 15 is 0 Å². The molecule has 1 fully saturated rings. The maximum Gasteiger partial charge on any atom is 0.259 e. The van der Waals surface area contributed by atoms with Gasteiger partial charge in [0.25, 0.3) is 5.91 Å². The lowest BCUT2D eigenvalue weighted by molar-refractivity contribution is 0.0674. The lowest BCUT2D eigenvalue weighted by atomic mass is 9.97. The van der Waals surface area contributed by atoms with Crippen molar-refractivity contribution in [2.75, 3.05) is 26.7 Å². The minimum atomic E-state index is -0.0167. The van der Waals surface area contributed by atoms with Crippen LogP contribution in [0.4, 0.5) is 0 Å². The van der Waals surface area contributed by atoms with Crippen LogP contribution in [0.5, 0.6) is 0 Å². The second kappa shape index (κ2) is 7.15. The quantitative estimate of drug-likeness (QED) is 0.934. The van der Waals surface area contributed by atoms with E-state index in [2.05, 4.69) is 10.5 Å². The van der Waals surface area contributed by atoms with Gasteiger partial charge in [-0.05, 0) is 44.5 Å². The van der Waals surface area contributed by atoms with Crippen molar-refractivity contribution < 1.29 is 9.32 Å². The molecule has 122 valence electrons. The summed E-state index contributed by atoms with van der Waals surface area (Å²) in [7, 11) is 1.94. The van der Waals surface area contributed by atoms with Crippen molar-refractivity contribution in [3.8, 4) is 11.3 Å². The van der Waals surface area contributed by atoms with Crippen LogP contribution in [0.1, 0.15) is 23.2 Å². The van der Waals surface area contributed by atoms with Gasteiger partial charge in [-0.1, -0.05) is 28.9 Å². The molecule has 6 heteroatoms. The van der Waals surface area contributed by atoms with E-state index in [1.54, 1.807) is 12.1 Å². The fraction of sp³-hybridized carbons (Fsp3) is 0.412. The molecule has 1 aromatic carbocycles. The Morgan fingerprint density at radius 3 is 2.96 bits per heavy atom. The maximum absolute atomic E-state index is 12.9. The van der Waals surface area contributed by atoms with Crippen molar-refractivity contribution in [1.29, 1.82) is 0 Å². The number of carbonyl (C=O) groups excluding carboxylic acids is 1. The van der Waals surface area contributed by atoms with Crippen LogP contribution in [0.25, 0.3) is 11.3 Å². The standard InChI is InChI=1S/C17H20ClN3O2/c1-19-9-12-3-2-8-21(10-12)17(22)15-11-23-20-16(15)13-4-6-14(18)7-5-13/h4-7,11-12,19H,2-3,8-10H2,1H3/t12-/m1/s1.